The SMILES string of the molecule is CSc1ccccc1N1CC(C2CC2)NCC1C. The molecule has 0 amide bonds. The molecule has 3 heteroatoms. The van der Waals surface area contributed by atoms with Crippen LogP contribution in [0.1, 0.15) is 19.8 Å². The van der Waals surface area contributed by atoms with Gasteiger partial charge in [0.05, 0.1) is 5.69 Å². The van der Waals surface area contributed by atoms with Gasteiger partial charge in [0.2, 0.25) is 0 Å². The number of thioether (sulfide) groups is 1. The number of nitrogens with one attached hydrogen (secondary N) is 1. The fourth-order valence-electron chi connectivity index (χ4n) is 2.91. The van der Waals surface area contributed by atoms with Crippen LogP contribution in [0.3, 0.4) is 0 Å². The second-order valence-corrected chi connectivity index (χ2v) is 6.37. The standard InChI is InChI=1S/C15H22N2S/c1-11-9-16-13(12-7-8-12)10-17(11)14-5-3-4-6-15(14)18-2/h3-6,11-13,16H,7-10H2,1-2H3. The summed E-state index contributed by atoms with van der Waals surface area (Å²) in [7, 11) is 0. The number of nitrogens with zero attached hydrogens (tertiary/aromatic N) is 1. The smallest absolute Gasteiger partial charge is 0.0507 e. The molecule has 2 unspecified atom stereocenters. The molecule has 1 aromatic rings. The Morgan fingerprint density at radius 1 is 1.28 bits per heavy atom. The van der Waals surface area contributed by atoms with Crippen molar-refractivity contribution in [2.45, 2.75) is 36.7 Å². The highest BCUT2D eigenvalue weighted by Crippen LogP contribution is 2.37. The van der Waals surface area contributed by atoms with Gasteiger partial charge in [-0.2, -0.15) is 0 Å². The average molecular weight is 262 g/mol. The van der Waals surface area contributed by atoms with Gasteiger partial charge in [0, 0.05) is 30.1 Å². The first-order chi connectivity index (χ1) is 8.79. The van der Waals surface area contributed by atoms with Gasteiger partial charge in [0.25, 0.3) is 0 Å². The molecule has 0 bridgehead atoms. The van der Waals surface area contributed by atoms with Crippen LogP contribution >= 0.6 is 11.8 Å². The molecule has 1 saturated heterocycles. The third kappa shape index (κ3) is 2.39. The molecule has 1 heterocycles. The van der Waals surface area contributed by atoms with E-state index in [0.29, 0.717) is 12.1 Å². The molecule has 0 aromatic heterocycles. The van der Waals surface area contributed by atoms with E-state index in [1.807, 2.05) is 11.8 Å². The van der Waals surface area contributed by atoms with Gasteiger partial charge in [-0.25, -0.2) is 0 Å². The zero-order valence-corrected chi connectivity index (χ0v) is 12.0. The first kappa shape index (κ1) is 12.4. The average Bonchev–Trinajstić information content (AvgIpc) is 3.24. The van der Waals surface area contributed by atoms with Crippen molar-refractivity contribution in [3.05, 3.63) is 24.3 Å². The summed E-state index contributed by atoms with van der Waals surface area (Å²) in [6, 6.07) is 10.1. The van der Waals surface area contributed by atoms with E-state index in [0.717, 1.165) is 12.5 Å². The lowest BCUT2D eigenvalue weighted by Crippen LogP contribution is -2.56. The lowest BCUT2D eigenvalue weighted by Gasteiger charge is -2.41. The first-order valence-electron chi connectivity index (χ1n) is 6.92. The quantitative estimate of drug-likeness (QED) is 0.843. The Morgan fingerprint density at radius 2 is 2.06 bits per heavy atom. The molecular formula is C15H22N2S. The number of piperazine rings is 1. The van der Waals surface area contributed by atoms with Crippen LogP contribution in [0.5, 0.6) is 0 Å². The molecule has 2 aliphatic rings. The predicted molar refractivity (Wildman–Crippen MR) is 79.5 cm³/mol. The molecule has 1 aliphatic carbocycles. The van der Waals surface area contributed by atoms with E-state index in [9.17, 15) is 0 Å². The van der Waals surface area contributed by atoms with Crippen molar-refractivity contribution < 1.29 is 0 Å². The zero-order valence-electron chi connectivity index (χ0n) is 11.2. The molecule has 0 spiro atoms. The van der Waals surface area contributed by atoms with Crippen LogP contribution < -0.4 is 10.2 Å². The number of hydrogen-bond acceptors (Lipinski definition) is 3. The van der Waals surface area contributed by atoms with Crippen LogP contribution in [0.25, 0.3) is 0 Å². The highest BCUT2D eigenvalue weighted by atomic mass is 32.2. The van der Waals surface area contributed by atoms with Gasteiger partial charge in [-0.3, -0.25) is 0 Å². The molecular weight excluding hydrogens is 240 g/mol. The van der Waals surface area contributed by atoms with Crippen LogP contribution in [0, 0.1) is 5.92 Å². The summed E-state index contributed by atoms with van der Waals surface area (Å²) in [5, 5.41) is 3.72. The maximum Gasteiger partial charge on any atom is 0.0507 e. The molecule has 18 heavy (non-hydrogen) atoms. The monoisotopic (exact) mass is 262 g/mol. The molecule has 1 saturated carbocycles. The third-order valence-electron chi connectivity index (χ3n) is 4.19. The van der Waals surface area contributed by atoms with Crippen LogP contribution in [0.2, 0.25) is 0 Å². The van der Waals surface area contributed by atoms with Crippen LogP contribution in [-0.4, -0.2) is 31.4 Å². The minimum atomic E-state index is 0.591. The Bertz CT molecular complexity index is 417. The molecule has 1 N–H and O–H groups in total. The molecule has 98 valence electrons. The maximum atomic E-state index is 3.72. The Kier molecular flexibility index (Phi) is 3.53. The van der Waals surface area contributed by atoms with Crippen molar-refractivity contribution >= 4 is 17.4 Å². The van der Waals surface area contributed by atoms with Crippen molar-refractivity contribution in [1.29, 1.82) is 0 Å². The van der Waals surface area contributed by atoms with Gasteiger partial charge >= 0.3 is 0 Å². The molecule has 2 atom stereocenters. The molecule has 1 aliphatic heterocycles. The third-order valence-corrected chi connectivity index (χ3v) is 4.97. The van der Waals surface area contributed by atoms with E-state index < -0.39 is 0 Å². The Balaban J connectivity index is 1.83. The molecule has 2 nitrogen and oxygen atoms in total. The van der Waals surface area contributed by atoms with Gasteiger partial charge in [-0.05, 0) is 44.1 Å². The van der Waals surface area contributed by atoms with Gasteiger partial charge in [0.1, 0.15) is 0 Å². The highest BCUT2D eigenvalue weighted by molar-refractivity contribution is 7.98. The molecule has 2 fully saturated rings. The van der Waals surface area contributed by atoms with E-state index in [4.69, 9.17) is 0 Å². The van der Waals surface area contributed by atoms with Crippen LogP contribution in [0.4, 0.5) is 5.69 Å². The maximum absolute atomic E-state index is 3.72. The second kappa shape index (κ2) is 5.14. The topological polar surface area (TPSA) is 15.3 Å². The normalized spacial score (nSPS) is 28.4. The summed E-state index contributed by atoms with van der Waals surface area (Å²) < 4.78 is 0. The van der Waals surface area contributed by atoms with Crippen molar-refractivity contribution in [3.63, 3.8) is 0 Å². The number of benzene rings is 1. The van der Waals surface area contributed by atoms with Crippen LogP contribution in [0.15, 0.2) is 29.2 Å². The van der Waals surface area contributed by atoms with Gasteiger partial charge < -0.3 is 10.2 Å². The van der Waals surface area contributed by atoms with Crippen molar-refractivity contribution in [3.8, 4) is 0 Å². The van der Waals surface area contributed by atoms with E-state index in [1.165, 1.54) is 30.0 Å². The summed E-state index contributed by atoms with van der Waals surface area (Å²) >= 11 is 1.85. The number of para-hydroxylation sites is 1. The lowest BCUT2D eigenvalue weighted by atomic mass is 10.1. The van der Waals surface area contributed by atoms with Gasteiger partial charge in [0.15, 0.2) is 0 Å². The first-order valence-corrected chi connectivity index (χ1v) is 8.15. The van der Waals surface area contributed by atoms with Crippen molar-refractivity contribution in [1.82, 2.24) is 5.32 Å². The predicted octanol–water partition coefficient (Wildman–Crippen LogP) is 2.99. The number of anilines is 1. The van der Waals surface area contributed by atoms with Crippen molar-refractivity contribution in [2.24, 2.45) is 5.92 Å². The Hall–Kier alpha value is -0.670. The van der Waals surface area contributed by atoms with Gasteiger partial charge in [-0.15, -0.1) is 11.8 Å². The minimum Gasteiger partial charge on any atom is -0.365 e. The second-order valence-electron chi connectivity index (χ2n) is 5.53. The summed E-state index contributed by atoms with van der Waals surface area (Å²) in [5.74, 6) is 0.932. The van der Waals surface area contributed by atoms with E-state index >= 15 is 0 Å². The highest BCUT2D eigenvalue weighted by Gasteiger charge is 2.36. The summed E-state index contributed by atoms with van der Waals surface area (Å²) in [6.07, 6.45) is 5.01. The number of hydrogen-bond donors (Lipinski definition) is 1. The molecule has 1 aromatic carbocycles. The minimum absolute atomic E-state index is 0.591. The van der Waals surface area contributed by atoms with E-state index in [1.54, 1.807) is 0 Å². The molecule has 3 rings (SSSR count). The van der Waals surface area contributed by atoms with Crippen molar-refractivity contribution in [2.75, 3.05) is 24.2 Å². The summed E-state index contributed by atoms with van der Waals surface area (Å²) in [5.41, 5.74) is 1.42. The van der Waals surface area contributed by atoms with Crippen LogP contribution in [-0.2, 0) is 0 Å². The fourth-order valence-corrected chi connectivity index (χ4v) is 3.51. The van der Waals surface area contributed by atoms with E-state index in [-0.39, 0.29) is 0 Å². The lowest BCUT2D eigenvalue weighted by molar-refractivity contribution is 0.375. The zero-order chi connectivity index (χ0) is 12.5. The molecule has 0 radical (unpaired) electrons. The van der Waals surface area contributed by atoms with E-state index in [2.05, 4.69) is 47.7 Å². The Labute approximate surface area is 114 Å². The summed E-state index contributed by atoms with van der Waals surface area (Å²) in [4.78, 5) is 4.01. The van der Waals surface area contributed by atoms with Gasteiger partial charge in [-0.1, -0.05) is 12.1 Å². The Morgan fingerprint density at radius 3 is 2.78 bits per heavy atom. The number of rotatable bonds is 3. The summed E-state index contributed by atoms with van der Waals surface area (Å²) in [6.45, 7) is 4.61. The fraction of sp³-hybridized carbons (Fsp3) is 0.600. The largest absolute Gasteiger partial charge is 0.365 e.